The van der Waals surface area contributed by atoms with Gasteiger partial charge in [0, 0.05) is 6.04 Å². The molecule has 6 heteroatoms. The Morgan fingerprint density at radius 1 is 0.919 bits per heavy atom. The highest BCUT2D eigenvalue weighted by Crippen LogP contribution is 2.35. The highest BCUT2D eigenvalue weighted by molar-refractivity contribution is 7.83. The molecular formula is C31H39NO4S. The van der Waals surface area contributed by atoms with E-state index in [0.29, 0.717) is 5.75 Å². The van der Waals surface area contributed by atoms with Crippen LogP contribution in [0.2, 0.25) is 0 Å². The van der Waals surface area contributed by atoms with Gasteiger partial charge in [0.1, 0.15) is 22.3 Å². The molecule has 1 N–H and O–H groups in total. The van der Waals surface area contributed by atoms with E-state index in [-0.39, 0.29) is 12.6 Å². The maximum atomic E-state index is 13.2. The lowest BCUT2D eigenvalue weighted by atomic mass is 9.99. The molecular weight excluding hydrogens is 482 g/mol. The average Bonchev–Trinajstić information content (AvgIpc) is 3.11. The van der Waals surface area contributed by atoms with Gasteiger partial charge in [0.25, 0.3) is 0 Å². The molecule has 0 amide bonds. The molecule has 3 aromatic carbocycles. The van der Waals surface area contributed by atoms with Crippen LogP contribution in [0.4, 0.5) is 0 Å². The van der Waals surface area contributed by atoms with Gasteiger partial charge in [-0.15, -0.1) is 0 Å². The van der Waals surface area contributed by atoms with Crippen LogP contribution in [0.5, 0.6) is 5.75 Å². The fourth-order valence-corrected chi connectivity index (χ4v) is 5.37. The van der Waals surface area contributed by atoms with Crippen molar-refractivity contribution in [1.82, 2.24) is 4.72 Å². The van der Waals surface area contributed by atoms with Crippen LogP contribution in [-0.4, -0.2) is 22.4 Å². The molecule has 2 atom stereocenters. The van der Waals surface area contributed by atoms with Gasteiger partial charge in [-0.2, -0.15) is 0 Å². The lowest BCUT2D eigenvalue weighted by molar-refractivity contribution is -0.157. The summed E-state index contributed by atoms with van der Waals surface area (Å²) in [7, 11) is -1.35. The molecule has 0 fully saturated rings. The van der Waals surface area contributed by atoms with Crippen molar-refractivity contribution in [2.45, 2.75) is 76.8 Å². The minimum Gasteiger partial charge on any atom is -0.482 e. The Morgan fingerprint density at radius 3 is 2.27 bits per heavy atom. The Bertz CT molecular complexity index is 1170. The molecule has 2 unspecified atom stereocenters. The highest BCUT2D eigenvalue weighted by atomic mass is 32.2. The third kappa shape index (κ3) is 8.27. The summed E-state index contributed by atoms with van der Waals surface area (Å²) in [6.07, 6.45) is 3.77. The first-order valence-corrected chi connectivity index (χ1v) is 14.2. The maximum Gasteiger partial charge on any atom is 0.344 e. The largest absolute Gasteiger partial charge is 0.482 e. The molecule has 0 saturated carbocycles. The summed E-state index contributed by atoms with van der Waals surface area (Å²) >= 11 is 0. The van der Waals surface area contributed by atoms with Crippen LogP contribution >= 0.6 is 0 Å². The van der Waals surface area contributed by atoms with Gasteiger partial charge in [-0.05, 0) is 80.5 Å². The van der Waals surface area contributed by atoms with Crippen LogP contribution in [0.3, 0.4) is 0 Å². The third-order valence-electron chi connectivity index (χ3n) is 5.90. The van der Waals surface area contributed by atoms with Crippen molar-refractivity contribution >= 4 is 17.0 Å². The topological polar surface area (TPSA) is 64.6 Å². The fourth-order valence-electron chi connectivity index (χ4n) is 4.35. The minimum atomic E-state index is -1.35. The molecule has 37 heavy (non-hydrogen) atoms. The van der Waals surface area contributed by atoms with Crippen molar-refractivity contribution in [3.8, 4) is 16.9 Å². The Balaban J connectivity index is 0.00000186. The van der Waals surface area contributed by atoms with Crippen LogP contribution in [0.15, 0.2) is 77.7 Å². The van der Waals surface area contributed by atoms with E-state index in [0.717, 1.165) is 52.8 Å². The van der Waals surface area contributed by atoms with E-state index in [2.05, 4.69) is 22.9 Å². The first-order valence-electron chi connectivity index (χ1n) is 13.1. The van der Waals surface area contributed by atoms with Crippen molar-refractivity contribution in [3.63, 3.8) is 0 Å². The second kappa shape index (κ2) is 13.5. The van der Waals surface area contributed by atoms with Gasteiger partial charge in [0.15, 0.2) is 6.61 Å². The Hall–Kier alpha value is -2.96. The Morgan fingerprint density at radius 2 is 1.59 bits per heavy atom. The van der Waals surface area contributed by atoms with Gasteiger partial charge >= 0.3 is 5.97 Å². The summed E-state index contributed by atoms with van der Waals surface area (Å²) in [4.78, 5) is 12.9. The van der Waals surface area contributed by atoms with Gasteiger partial charge in [-0.1, -0.05) is 74.9 Å². The number of hydrogen-bond acceptors (Lipinski definition) is 4. The summed E-state index contributed by atoms with van der Waals surface area (Å²) in [6, 6.07) is 23.8. The van der Waals surface area contributed by atoms with E-state index in [4.69, 9.17) is 9.47 Å². The van der Waals surface area contributed by atoms with Gasteiger partial charge in [0.2, 0.25) is 0 Å². The van der Waals surface area contributed by atoms with Crippen LogP contribution in [0, 0.1) is 0 Å². The zero-order valence-corrected chi connectivity index (χ0v) is 23.4. The third-order valence-corrected chi connectivity index (χ3v) is 7.10. The number of esters is 1. The van der Waals surface area contributed by atoms with E-state index < -0.39 is 22.6 Å². The molecule has 0 aromatic heterocycles. The van der Waals surface area contributed by atoms with Crippen molar-refractivity contribution in [2.24, 2.45) is 0 Å². The van der Waals surface area contributed by atoms with Crippen LogP contribution in [0.1, 0.15) is 71.0 Å². The van der Waals surface area contributed by atoms with E-state index in [9.17, 15) is 9.00 Å². The summed E-state index contributed by atoms with van der Waals surface area (Å²) < 4.78 is 27.8. The lowest BCUT2D eigenvalue weighted by Gasteiger charge is -2.22. The molecule has 3 aromatic rings. The number of fused-ring (bicyclic) bond motifs is 1. The Labute approximate surface area is 224 Å². The molecule has 198 valence electrons. The van der Waals surface area contributed by atoms with E-state index in [1.807, 2.05) is 89.2 Å². The van der Waals surface area contributed by atoms with Crippen molar-refractivity contribution < 1.29 is 18.5 Å². The number of benzene rings is 3. The number of hydrogen-bond donors (Lipinski definition) is 1. The molecule has 0 aliphatic heterocycles. The van der Waals surface area contributed by atoms with Crippen LogP contribution in [-0.2, 0) is 26.9 Å². The minimum absolute atomic E-state index is 0.0628. The summed E-state index contributed by atoms with van der Waals surface area (Å²) in [5, 5.41) is 0. The van der Waals surface area contributed by atoms with Crippen LogP contribution in [0.25, 0.3) is 11.1 Å². The molecule has 1 aliphatic rings. The number of carbonyl (C=O) groups excluding carboxylic acids is 1. The number of rotatable bonds is 7. The quantitative estimate of drug-likeness (QED) is 0.264. The van der Waals surface area contributed by atoms with Crippen LogP contribution < -0.4 is 9.46 Å². The standard InChI is InChI=1S/C29H33NO4S.C2H6/c1-29(2,3)34-28(31)20-33-27-15-9-13-24-25(27)12-7-8-14-26(24)30-35(32)23-18-16-22(17-19-23)21-10-5-4-6-11-21;1-2/h4-6,9-11,13,15-19,26,30H,7-8,12,14,20H2,1-3H3;1-2H3. The van der Waals surface area contributed by atoms with Crippen molar-refractivity contribution in [3.05, 3.63) is 83.9 Å². The molecule has 4 rings (SSSR count). The molecule has 5 nitrogen and oxygen atoms in total. The van der Waals surface area contributed by atoms with Gasteiger partial charge in [-0.3, -0.25) is 0 Å². The molecule has 1 aliphatic carbocycles. The number of ether oxygens (including phenoxy) is 2. The maximum absolute atomic E-state index is 13.2. The number of carbonyl (C=O) groups is 1. The summed E-state index contributed by atoms with van der Waals surface area (Å²) in [5.41, 5.74) is 3.83. The zero-order chi connectivity index (χ0) is 26.8. The lowest BCUT2D eigenvalue weighted by Crippen LogP contribution is -2.27. The zero-order valence-electron chi connectivity index (χ0n) is 22.6. The van der Waals surface area contributed by atoms with E-state index in [1.54, 1.807) is 0 Å². The molecule has 0 spiro atoms. The first-order chi connectivity index (χ1) is 17.8. The van der Waals surface area contributed by atoms with Crippen molar-refractivity contribution in [2.75, 3.05) is 6.61 Å². The summed E-state index contributed by atoms with van der Waals surface area (Å²) in [6.45, 7) is 9.38. The number of nitrogens with one attached hydrogen (secondary N) is 1. The fraction of sp³-hybridized carbons (Fsp3) is 0.387. The smallest absolute Gasteiger partial charge is 0.344 e. The molecule has 0 bridgehead atoms. The second-order valence-electron chi connectivity index (χ2n) is 9.77. The predicted octanol–water partition coefficient (Wildman–Crippen LogP) is 7.18. The van der Waals surface area contributed by atoms with Gasteiger partial charge in [-0.25, -0.2) is 13.7 Å². The van der Waals surface area contributed by atoms with Gasteiger partial charge < -0.3 is 9.47 Å². The molecule has 0 radical (unpaired) electrons. The van der Waals surface area contributed by atoms with Crippen molar-refractivity contribution in [1.29, 1.82) is 0 Å². The summed E-state index contributed by atoms with van der Waals surface area (Å²) in [5.74, 6) is 0.304. The first kappa shape index (κ1) is 28.6. The SMILES string of the molecule is CC.CC(C)(C)OC(=O)COc1cccc2c1CCCCC2NS(=O)c1ccc(-c2ccccc2)cc1. The van der Waals surface area contributed by atoms with E-state index >= 15 is 0 Å². The van der Waals surface area contributed by atoms with E-state index in [1.165, 1.54) is 0 Å². The van der Waals surface area contributed by atoms with Gasteiger partial charge in [0.05, 0.1) is 4.90 Å². The predicted molar refractivity (Wildman–Crippen MR) is 151 cm³/mol. The second-order valence-corrected chi connectivity index (χ2v) is 11.0. The normalized spacial score (nSPS) is 15.9. The monoisotopic (exact) mass is 521 g/mol. The highest BCUT2D eigenvalue weighted by Gasteiger charge is 2.24. The molecule has 0 saturated heterocycles. The average molecular weight is 522 g/mol. The Kier molecular flexibility index (Phi) is 10.5. The molecule has 0 heterocycles.